The predicted molar refractivity (Wildman–Crippen MR) is 113 cm³/mol. The fraction of sp³-hybridized carbons (Fsp3) is 0.227. The van der Waals surface area contributed by atoms with Crippen molar-refractivity contribution >= 4 is 29.8 Å². The molecule has 7 heteroatoms. The van der Waals surface area contributed by atoms with Crippen molar-refractivity contribution < 1.29 is 9.18 Å². The monoisotopic (exact) mass is 408 g/mol. The van der Waals surface area contributed by atoms with Crippen molar-refractivity contribution in [2.45, 2.75) is 23.2 Å². The number of nitrogens with one attached hydrogen (secondary N) is 1. The van der Waals surface area contributed by atoms with E-state index in [-0.39, 0.29) is 17.0 Å². The number of aromatic nitrogens is 3. The van der Waals surface area contributed by atoms with Gasteiger partial charge < -0.3 is 4.90 Å². The standard InChI is InChI=1S/C22H21FN4OS/c23-18-11-8-16(9-12-18)10-13-19-24-22(26-25-19)29-20(17-6-2-1-3-7-17)21(28)27-14-4-5-15-27/h1-3,6-13,20H,4-5,14-15H2,(H,24,25,26)/b13-10+/t20-/m1/s1. The molecule has 0 aliphatic carbocycles. The van der Waals surface area contributed by atoms with E-state index in [9.17, 15) is 9.18 Å². The molecule has 3 aromatic rings. The predicted octanol–water partition coefficient (Wildman–Crippen LogP) is 4.57. The van der Waals surface area contributed by atoms with E-state index in [4.69, 9.17) is 0 Å². The Labute approximate surface area is 173 Å². The molecule has 0 spiro atoms. The summed E-state index contributed by atoms with van der Waals surface area (Å²) >= 11 is 1.35. The number of hydrogen-bond donors (Lipinski definition) is 1. The van der Waals surface area contributed by atoms with Crippen molar-refractivity contribution in [2.24, 2.45) is 0 Å². The van der Waals surface area contributed by atoms with Crippen LogP contribution in [-0.4, -0.2) is 39.1 Å². The van der Waals surface area contributed by atoms with E-state index in [0.29, 0.717) is 11.0 Å². The summed E-state index contributed by atoms with van der Waals surface area (Å²) in [6.07, 6.45) is 5.72. The van der Waals surface area contributed by atoms with E-state index >= 15 is 0 Å². The third-order valence-electron chi connectivity index (χ3n) is 4.75. The normalized spacial score (nSPS) is 15.1. The minimum Gasteiger partial charge on any atom is -0.341 e. The van der Waals surface area contributed by atoms with Crippen LogP contribution < -0.4 is 0 Å². The van der Waals surface area contributed by atoms with E-state index in [0.717, 1.165) is 37.1 Å². The number of carbonyl (C=O) groups is 1. The molecule has 1 aliphatic heterocycles. The number of halogens is 1. The van der Waals surface area contributed by atoms with Crippen LogP contribution in [0.4, 0.5) is 4.39 Å². The Morgan fingerprint density at radius 3 is 2.52 bits per heavy atom. The van der Waals surface area contributed by atoms with Gasteiger partial charge >= 0.3 is 0 Å². The molecule has 1 amide bonds. The zero-order valence-electron chi connectivity index (χ0n) is 15.8. The molecule has 1 saturated heterocycles. The largest absolute Gasteiger partial charge is 0.341 e. The van der Waals surface area contributed by atoms with Gasteiger partial charge in [0.05, 0.1) is 0 Å². The molecule has 5 nitrogen and oxygen atoms in total. The number of amides is 1. The van der Waals surface area contributed by atoms with Gasteiger partial charge in [-0.3, -0.25) is 9.89 Å². The van der Waals surface area contributed by atoms with Gasteiger partial charge in [-0.1, -0.05) is 60.3 Å². The summed E-state index contributed by atoms with van der Waals surface area (Å²) in [5.41, 5.74) is 1.81. The number of thioether (sulfide) groups is 1. The number of nitrogens with zero attached hydrogens (tertiary/aromatic N) is 3. The quantitative estimate of drug-likeness (QED) is 0.607. The molecule has 1 fully saturated rings. The molecule has 2 heterocycles. The van der Waals surface area contributed by atoms with Gasteiger partial charge in [-0.05, 0) is 42.2 Å². The average molecular weight is 409 g/mol. The Hall–Kier alpha value is -2.93. The van der Waals surface area contributed by atoms with Crippen LogP contribution in [0.2, 0.25) is 0 Å². The van der Waals surface area contributed by atoms with Crippen LogP contribution >= 0.6 is 11.8 Å². The van der Waals surface area contributed by atoms with Crippen LogP contribution in [0.3, 0.4) is 0 Å². The maximum Gasteiger partial charge on any atom is 0.240 e. The SMILES string of the molecule is O=C([C@H](Sc1n[nH]c(/C=C/c2ccc(F)cc2)n1)c1ccccc1)N1CCCC1. The van der Waals surface area contributed by atoms with E-state index in [1.807, 2.05) is 41.3 Å². The number of likely N-dealkylation sites (tertiary alicyclic amines) is 1. The van der Waals surface area contributed by atoms with E-state index in [1.54, 1.807) is 18.2 Å². The highest BCUT2D eigenvalue weighted by molar-refractivity contribution is 8.00. The van der Waals surface area contributed by atoms with Crippen molar-refractivity contribution in [3.63, 3.8) is 0 Å². The number of benzene rings is 2. The lowest BCUT2D eigenvalue weighted by Gasteiger charge is -2.22. The van der Waals surface area contributed by atoms with Gasteiger partial charge in [-0.25, -0.2) is 9.37 Å². The maximum atomic E-state index is 13.1. The summed E-state index contributed by atoms with van der Waals surface area (Å²) < 4.78 is 13.0. The molecule has 0 saturated carbocycles. The summed E-state index contributed by atoms with van der Waals surface area (Å²) in [5, 5.41) is 7.29. The lowest BCUT2D eigenvalue weighted by atomic mass is 10.1. The van der Waals surface area contributed by atoms with Gasteiger partial charge in [0.1, 0.15) is 16.9 Å². The van der Waals surface area contributed by atoms with Crippen LogP contribution in [0, 0.1) is 5.82 Å². The number of aromatic amines is 1. The molecule has 1 aromatic heterocycles. The summed E-state index contributed by atoms with van der Waals surface area (Å²) in [6, 6.07) is 16.0. The fourth-order valence-corrected chi connectivity index (χ4v) is 4.24. The second kappa shape index (κ2) is 9.05. The second-order valence-corrected chi connectivity index (χ2v) is 7.90. The Kier molecular flexibility index (Phi) is 6.05. The molecule has 0 unspecified atom stereocenters. The number of rotatable bonds is 6. The highest BCUT2D eigenvalue weighted by atomic mass is 32.2. The molecular formula is C22H21FN4OS. The highest BCUT2D eigenvalue weighted by Crippen LogP contribution is 2.35. The lowest BCUT2D eigenvalue weighted by molar-refractivity contribution is -0.129. The number of H-pyrrole nitrogens is 1. The van der Waals surface area contributed by atoms with Crippen LogP contribution in [0.5, 0.6) is 0 Å². The van der Waals surface area contributed by atoms with Crippen molar-refractivity contribution in [2.75, 3.05) is 13.1 Å². The lowest BCUT2D eigenvalue weighted by Crippen LogP contribution is -2.31. The average Bonchev–Trinajstić information content (AvgIpc) is 3.44. The molecule has 1 N–H and O–H groups in total. The van der Waals surface area contributed by atoms with Crippen molar-refractivity contribution in [1.29, 1.82) is 0 Å². The first kappa shape index (κ1) is 19.4. The van der Waals surface area contributed by atoms with E-state index in [2.05, 4.69) is 15.2 Å². The first-order valence-corrected chi connectivity index (χ1v) is 10.4. The summed E-state index contributed by atoms with van der Waals surface area (Å²) in [5.74, 6) is 0.416. The first-order valence-electron chi connectivity index (χ1n) is 9.55. The summed E-state index contributed by atoms with van der Waals surface area (Å²) in [7, 11) is 0. The van der Waals surface area contributed by atoms with Gasteiger partial charge in [-0.2, -0.15) is 0 Å². The molecule has 148 valence electrons. The third-order valence-corrected chi connectivity index (χ3v) is 5.86. The van der Waals surface area contributed by atoms with Gasteiger partial charge in [0.2, 0.25) is 11.1 Å². The highest BCUT2D eigenvalue weighted by Gasteiger charge is 2.29. The zero-order chi connectivity index (χ0) is 20.1. The first-order chi connectivity index (χ1) is 14.2. The topological polar surface area (TPSA) is 61.9 Å². The molecule has 0 radical (unpaired) electrons. The van der Waals surface area contributed by atoms with Crippen molar-refractivity contribution in [3.05, 3.63) is 77.4 Å². The number of hydrogen-bond acceptors (Lipinski definition) is 4. The Bertz CT molecular complexity index is 982. The Morgan fingerprint density at radius 1 is 1.07 bits per heavy atom. The van der Waals surface area contributed by atoms with Gasteiger partial charge in [0.25, 0.3) is 0 Å². The summed E-state index contributed by atoms with van der Waals surface area (Å²) in [4.78, 5) is 19.5. The van der Waals surface area contributed by atoms with Crippen molar-refractivity contribution in [3.8, 4) is 0 Å². The molecule has 1 atom stereocenters. The zero-order valence-corrected chi connectivity index (χ0v) is 16.6. The van der Waals surface area contributed by atoms with Crippen LogP contribution in [-0.2, 0) is 4.79 Å². The van der Waals surface area contributed by atoms with E-state index in [1.165, 1.54) is 23.9 Å². The van der Waals surface area contributed by atoms with Gasteiger partial charge in [-0.15, -0.1) is 5.10 Å². The molecule has 4 rings (SSSR count). The fourth-order valence-electron chi connectivity index (χ4n) is 3.23. The van der Waals surface area contributed by atoms with Crippen LogP contribution in [0.1, 0.15) is 35.0 Å². The van der Waals surface area contributed by atoms with Crippen molar-refractivity contribution in [1.82, 2.24) is 20.1 Å². The second-order valence-electron chi connectivity index (χ2n) is 6.83. The third kappa shape index (κ3) is 4.92. The maximum absolute atomic E-state index is 13.1. The van der Waals surface area contributed by atoms with Crippen LogP contribution in [0.15, 0.2) is 59.8 Å². The van der Waals surface area contributed by atoms with Gasteiger partial charge in [0, 0.05) is 13.1 Å². The molecular weight excluding hydrogens is 387 g/mol. The Morgan fingerprint density at radius 2 is 1.79 bits per heavy atom. The molecule has 1 aliphatic rings. The van der Waals surface area contributed by atoms with Gasteiger partial charge in [0.15, 0.2) is 0 Å². The van der Waals surface area contributed by atoms with E-state index < -0.39 is 0 Å². The van der Waals surface area contributed by atoms with Crippen LogP contribution in [0.25, 0.3) is 12.2 Å². The smallest absolute Gasteiger partial charge is 0.240 e. The number of carbonyl (C=O) groups excluding carboxylic acids is 1. The Balaban J connectivity index is 1.50. The molecule has 0 bridgehead atoms. The minimum atomic E-state index is -0.376. The summed E-state index contributed by atoms with van der Waals surface area (Å²) in [6.45, 7) is 1.62. The molecule has 29 heavy (non-hydrogen) atoms. The minimum absolute atomic E-state index is 0.104. The molecule has 2 aromatic carbocycles.